The van der Waals surface area contributed by atoms with Crippen LogP contribution in [0.1, 0.15) is 47.8 Å². The van der Waals surface area contributed by atoms with Gasteiger partial charge in [-0.1, -0.05) is 20.8 Å². The van der Waals surface area contributed by atoms with Gasteiger partial charge in [-0.05, 0) is 36.0 Å². The van der Waals surface area contributed by atoms with Gasteiger partial charge in [-0.15, -0.1) is 0 Å². The quantitative estimate of drug-likeness (QED) is 0.928. The molecule has 0 saturated heterocycles. The van der Waals surface area contributed by atoms with Crippen LogP contribution in [0.25, 0.3) is 0 Å². The number of Topliss-reactive ketones (excluding diaryl/α,β-unsaturated/α-hetero) is 1. The number of carboxylic acids is 1. The fourth-order valence-electron chi connectivity index (χ4n) is 3.51. The Balaban J connectivity index is 2.11. The first-order valence-electron chi connectivity index (χ1n) is 7.55. The van der Waals surface area contributed by atoms with Crippen LogP contribution in [-0.4, -0.2) is 23.0 Å². The van der Waals surface area contributed by atoms with E-state index in [1.54, 1.807) is 0 Å². The number of carbonyl (C=O) groups is 2. The molecule has 0 fully saturated rings. The number of ether oxygens (including phenoxy) is 1. The van der Waals surface area contributed by atoms with E-state index in [1.807, 2.05) is 13.0 Å². The first kappa shape index (κ1) is 14.1. The molecule has 0 aromatic heterocycles. The van der Waals surface area contributed by atoms with Gasteiger partial charge in [0.1, 0.15) is 5.75 Å². The van der Waals surface area contributed by atoms with E-state index in [-0.39, 0.29) is 11.7 Å². The van der Waals surface area contributed by atoms with Gasteiger partial charge in [0.15, 0.2) is 11.9 Å². The van der Waals surface area contributed by atoms with Gasteiger partial charge in [0.25, 0.3) is 0 Å². The van der Waals surface area contributed by atoms with Crippen molar-refractivity contribution < 1.29 is 19.4 Å². The summed E-state index contributed by atoms with van der Waals surface area (Å²) in [5.41, 5.74) is 3.80. The molecule has 1 heterocycles. The monoisotopic (exact) mass is 288 g/mol. The van der Waals surface area contributed by atoms with Gasteiger partial charge in [-0.3, -0.25) is 4.79 Å². The Kier molecular flexibility index (Phi) is 3.27. The maximum absolute atomic E-state index is 12.7. The van der Waals surface area contributed by atoms with Crippen molar-refractivity contribution >= 4 is 11.8 Å². The zero-order chi connectivity index (χ0) is 15.3. The van der Waals surface area contributed by atoms with Crippen LogP contribution in [0.15, 0.2) is 6.07 Å². The molecule has 0 spiro atoms. The van der Waals surface area contributed by atoms with Crippen molar-refractivity contribution in [2.75, 3.05) is 0 Å². The van der Waals surface area contributed by atoms with Gasteiger partial charge >= 0.3 is 5.97 Å². The molecule has 4 heteroatoms. The molecule has 0 bridgehead atoms. The molecule has 3 rings (SSSR count). The standard InChI is InChI=1S/C17H20O4/c1-4-9-5-13-11(7-14(21-13)17(19)20)12-6-10(8(2)3)16(18)15(9)12/h5,8,10,14H,4,6-7H2,1-3H3,(H,19,20). The smallest absolute Gasteiger partial charge is 0.345 e. The van der Waals surface area contributed by atoms with E-state index in [0.717, 1.165) is 35.1 Å². The average Bonchev–Trinajstić information content (AvgIpc) is 2.99. The van der Waals surface area contributed by atoms with E-state index in [4.69, 9.17) is 9.84 Å². The first-order valence-corrected chi connectivity index (χ1v) is 7.55. The Hall–Kier alpha value is -1.84. The van der Waals surface area contributed by atoms with Crippen LogP contribution in [0.5, 0.6) is 5.75 Å². The fraction of sp³-hybridized carbons (Fsp3) is 0.529. The molecule has 0 saturated carbocycles. The molecule has 1 aromatic carbocycles. The van der Waals surface area contributed by atoms with E-state index in [2.05, 4.69) is 13.8 Å². The van der Waals surface area contributed by atoms with Crippen LogP contribution in [0.2, 0.25) is 0 Å². The molecular formula is C17H20O4. The second-order valence-electron chi connectivity index (χ2n) is 6.29. The average molecular weight is 288 g/mol. The number of rotatable bonds is 3. The maximum atomic E-state index is 12.7. The third-order valence-corrected chi connectivity index (χ3v) is 4.72. The maximum Gasteiger partial charge on any atom is 0.345 e. The summed E-state index contributed by atoms with van der Waals surface area (Å²) in [4.78, 5) is 23.8. The predicted octanol–water partition coefficient (Wildman–Crippen LogP) is 2.65. The van der Waals surface area contributed by atoms with Crippen molar-refractivity contribution in [3.63, 3.8) is 0 Å². The van der Waals surface area contributed by atoms with Crippen molar-refractivity contribution in [3.05, 3.63) is 28.3 Å². The van der Waals surface area contributed by atoms with Crippen LogP contribution >= 0.6 is 0 Å². The normalized spacial score (nSPS) is 23.1. The number of hydrogen-bond donors (Lipinski definition) is 1. The number of carboxylic acid groups (broad SMARTS) is 1. The molecule has 4 nitrogen and oxygen atoms in total. The van der Waals surface area contributed by atoms with E-state index in [0.29, 0.717) is 18.1 Å². The molecule has 1 N–H and O–H groups in total. The van der Waals surface area contributed by atoms with Crippen molar-refractivity contribution in [3.8, 4) is 5.75 Å². The summed E-state index contributed by atoms with van der Waals surface area (Å²) >= 11 is 0. The van der Waals surface area contributed by atoms with E-state index < -0.39 is 12.1 Å². The SMILES string of the molecule is CCc1cc2c(c3c1C(=O)C(C(C)C)C3)CC(C(=O)O)O2. The lowest BCUT2D eigenvalue weighted by molar-refractivity contribution is -0.144. The molecule has 2 atom stereocenters. The van der Waals surface area contributed by atoms with Crippen LogP contribution in [0, 0.1) is 11.8 Å². The zero-order valence-electron chi connectivity index (χ0n) is 12.6. The van der Waals surface area contributed by atoms with Gasteiger partial charge in [-0.2, -0.15) is 0 Å². The second-order valence-corrected chi connectivity index (χ2v) is 6.29. The number of aliphatic carboxylic acids is 1. The highest BCUT2D eigenvalue weighted by molar-refractivity contribution is 6.04. The van der Waals surface area contributed by atoms with Gasteiger partial charge in [0.2, 0.25) is 0 Å². The molecule has 0 amide bonds. The summed E-state index contributed by atoms with van der Waals surface area (Å²) in [6.07, 6.45) is 1.03. The minimum absolute atomic E-state index is 0.0145. The number of fused-ring (bicyclic) bond motifs is 3. The molecular weight excluding hydrogens is 268 g/mol. The molecule has 112 valence electrons. The van der Waals surface area contributed by atoms with Crippen molar-refractivity contribution in [2.45, 2.75) is 46.1 Å². The molecule has 21 heavy (non-hydrogen) atoms. The highest BCUT2D eigenvalue weighted by atomic mass is 16.5. The molecule has 1 aliphatic heterocycles. The van der Waals surface area contributed by atoms with Gasteiger partial charge < -0.3 is 9.84 Å². The minimum Gasteiger partial charge on any atom is -0.478 e. The Bertz CT molecular complexity index is 630. The van der Waals surface area contributed by atoms with Gasteiger partial charge in [0.05, 0.1) is 0 Å². The summed E-state index contributed by atoms with van der Waals surface area (Å²) < 4.78 is 5.56. The number of benzene rings is 1. The highest BCUT2D eigenvalue weighted by Crippen LogP contribution is 2.43. The van der Waals surface area contributed by atoms with Crippen LogP contribution < -0.4 is 4.74 Å². The molecule has 1 aromatic rings. The Labute approximate surface area is 124 Å². The van der Waals surface area contributed by atoms with E-state index in [1.165, 1.54) is 0 Å². The number of aryl methyl sites for hydroxylation is 1. The Morgan fingerprint density at radius 3 is 2.67 bits per heavy atom. The molecule has 2 aliphatic rings. The first-order chi connectivity index (χ1) is 9.93. The fourth-order valence-corrected chi connectivity index (χ4v) is 3.51. The molecule has 2 unspecified atom stereocenters. The van der Waals surface area contributed by atoms with Crippen molar-refractivity contribution in [2.24, 2.45) is 11.8 Å². The van der Waals surface area contributed by atoms with Crippen molar-refractivity contribution in [1.29, 1.82) is 0 Å². The summed E-state index contributed by atoms with van der Waals surface area (Å²) in [5, 5.41) is 9.16. The lowest BCUT2D eigenvalue weighted by atomic mass is 9.91. The molecule has 0 radical (unpaired) electrons. The number of hydrogen-bond acceptors (Lipinski definition) is 3. The number of ketones is 1. The lowest BCUT2D eigenvalue weighted by Crippen LogP contribution is -2.24. The third-order valence-electron chi connectivity index (χ3n) is 4.72. The van der Waals surface area contributed by atoms with Gasteiger partial charge in [0, 0.05) is 23.5 Å². The van der Waals surface area contributed by atoms with Crippen LogP contribution in [-0.2, 0) is 24.1 Å². The Morgan fingerprint density at radius 1 is 1.38 bits per heavy atom. The summed E-state index contributed by atoms with van der Waals surface area (Å²) in [5.74, 6) is 0.250. The summed E-state index contributed by atoms with van der Waals surface area (Å²) in [6, 6.07) is 1.87. The topological polar surface area (TPSA) is 63.6 Å². The summed E-state index contributed by atoms with van der Waals surface area (Å²) in [7, 11) is 0. The van der Waals surface area contributed by atoms with Crippen LogP contribution in [0.3, 0.4) is 0 Å². The Morgan fingerprint density at radius 2 is 2.10 bits per heavy atom. The zero-order valence-corrected chi connectivity index (χ0v) is 12.6. The number of carbonyl (C=O) groups excluding carboxylic acids is 1. The van der Waals surface area contributed by atoms with Gasteiger partial charge in [-0.25, -0.2) is 4.79 Å². The third kappa shape index (κ3) is 2.04. The van der Waals surface area contributed by atoms with E-state index >= 15 is 0 Å². The second kappa shape index (κ2) is 4.86. The highest BCUT2D eigenvalue weighted by Gasteiger charge is 2.40. The van der Waals surface area contributed by atoms with Crippen LogP contribution in [0.4, 0.5) is 0 Å². The minimum atomic E-state index is -0.942. The van der Waals surface area contributed by atoms with E-state index in [9.17, 15) is 9.59 Å². The van der Waals surface area contributed by atoms with Crippen molar-refractivity contribution in [1.82, 2.24) is 0 Å². The molecule has 1 aliphatic carbocycles. The summed E-state index contributed by atoms with van der Waals surface area (Å²) in [6.45, 7) is 6.15. The largest absolute Gasteiger partial charge is 0.478 e. The lowest BCUT2D eigenvalue weighted by Gasteiger charge is -2.11. The predicted molar refractivity (Wildman–Crippen MR) is 77.9 cm³/mol.